The smallest absolute Gasteiger partial charge is 0.277 e. The fraction of sp³-hybridized carbons (Fsp3) is 0.125. The first-order valence-corrected chi connectivity index (χ1v) is 8.20. The molecule has 0 unspecified atom stereocenters. The van der Waals surface area contributed by atoms with Crippen LogP contribution in [0.2, 0.25) is 0 Å². The van der Waals surface area contributed by atoms with Crippen molar-refractivity contribution in [2.45, 2.75) is 6.92 Å². The number of aryl methyl sites for hydroxylation is 1. The molecule has 0 fully saturated rings. The van der Waals surface area contributed by atoms with Crippen LogP contribution in [0.25, 0.3) is 0 Å². The van der Waals surface area contributed by atoms with Crippen LogP contribution in [-0.2, 0) is 4.79 Å². The number of carbonyl (C=O) groups excluding carboxylic acids is 1. The maximum atomic E-state index is 12.8. The lowest BCUT2D eigenvalue weighted by molar-refractivity contribution is -0.123. The molecule has 2 aromatic rings. The Morgan fingerprint density at radius 3 is 2.65 bits per heavy atom. The van der Waals surface area contributed by atoms with Gasteiger partial charge in [0.15, 0.2) is 6.61 Å². The van der Waals surface area contributed by atoms with E-state index in [-0.39, 0.29) is 12.4 Å². The molecule has 7 heteroatoms. The lowest BCUT2D eigenvalue weighted by atomic mass is 10.2. The molecule has 23 heavy (non-hydrogen) atoms. The van der Waals surface area contributed by atoms with E-state index in [1.54, 1.807) is 12.1 Å². The van der Waals surface area contributed by atoms with Gasteiger partial charge in [0, 0.05) is 4.47 Å². The third-order valence-corrected chi connectivity index (χ3v) is 3.86. The number of halogens is 3. The van der Waals surface area contributed by atoms with Crippen LogP contribution >= 0.6 is 31.9 Å². The first-order chi connectivity index (χ1) is 11.0. The molecule has 4 nitrogen and oxygen atoms in total. The standard InChI is InChI=1S/C16H13Br2FN2O2/c1-10-6-12(17)7-14(18)16(10)23-9-15(22)21-20-8-11-2-4-13(19)5-3-11/h2-8H,9H2,1H3,(H,21,22)/b20-8+. The van der Waals surface area contributed by atoms with Gasteiger partial charge in [-0.1, -0.05) is 28.1 Å². The average molecular weight is 444 g/mol. The van der Waals surface area contributed by atoms with Gasteiger partial charge in [0.05, 0.1) is 10.7 Å². The SMILES string of the molecule is Cc1cc(Br)cc(Br)c1OCC(=O)N/N=C/c1ccc(F)cc1. The number of rotatable bonds is 5. The summed E-state index contributed by atoms with van der Waals surface area (Å²) in [5, 5.41) is 3.80. The minimum atomic E-state index is -0.391. The topological polar surface area (TPSA) is 50.7 Å². The number of carbonyl (C=O) groups is 1. The van der Waals surface area contributed by atoms with Gasteiger partial charge in [-0.3, -0.25) is 4.79 Å². The summed E-state index contributed by atoms with van der Waals surface area (Å²) in [6.07, 6.45) is 1.43. The number of nitrogens with one attached hydrogen (secondary N) is 1. The highest BCUT2D eigenvalue weighted by Gasteiger charge is 2.09. The number of hydrogen-bond acceptors (Lipinski definition) is 3. The molecule has 0 aromatic heterocycles. The summed E-state index contributed by atoms with van der Waals surface area (Å²) in [6, 6.07) is 9.49. The Balaban J connectivity index is 1.87. The first kappa shape index (κ1) is 17.6. The molecular formula is C16H13Br2FN2O2. The maximum absolute atomic E-state index is 12.8. The second-order valence-electron chi connectivity index (χ2n) is 4.67. The van der Waals surface area contributed by atoms with Crippen LogP contribution in [0.15, 0.2) is 50.4 Å². The van der Waals surface area contributed by atoms with Crippen molar-refractivity contribution in [2.24, 2.45) is 5.10 Å². The Bertz CT molecular complexity index is 710. The molecule has 1 N–H and O–H groups in total. The fourth-order valence-corrected chi connectivity index (χ4v) is 3.32. The Hall–Kier alpha value is -1.73. The molecule has 0 aliphatic heterocycles. The monoisotopic (exact) mass is 442 g/mol. The number of nitrogens with zero attached hydrogens (tertiary/aromatic N) is 1. The summed E-state index contributed by atoms with van der Waals surface area (Å²) in [5.74, 6) is -0.113. The van der Waals surface area contributed by atoms with E-state index in [1.807, 2.05) is 19.1 Å². The number of ether oxygens (including phenoxy) is 1. The van der Waals surface area contributed by atoms with Gasteiger partial charge in [-0.25, -0.2) is 9.82 Å². The lowest BCUT2D eigenvalue weighted by Gasteiger charge is -2.10. The highest BCUT2D eigenvalue weighted by atomic mass is 79.9. The first-order valence-electron chi connectivity index (χ1n) is 6.61. The predicted octanol–water partition coefficient (Wildman–Crippen LogP) is 4.19. The minimum Gasteiger partial charge on any atom is -0.482 e. The summed E-state index contributed by atoms with van der Waals surface area (Å²) in [4.78, 5) is 11.7. The summed E-state index contributed by atoms with van der Waals surface area (Å²) in [7, 11) is 0. The molecule has 0 aliphatic rings. The van der Waals surface area contributed by atoms with E-state index in [1.165, 1.54) is 18.3 Å². The number of amides is 1. The molecule has 0 saturated carbocycles. The highest BCUT2D eigenvalue weighted by Crippen LogP contribution is 2.32. The van der Waals surface area contributed by atoms with Gasteiger partial charge >= 0.3 is 0 Å². The molecule has 120 valence electrons. The minimum absolute atomic E-state index is 0.165. The average Bonchev–Trinajstić information content (AvgIpc) is 2.48. The summed E-state index contributed by atoms with van der Waals surface area (Å²) in [5.41, 5.74) is 3.93. The maximum Gasteiger partial charge on any atom is 0.277 e. The van der Waals surface area contributed by atoms with Crippen LogP contribution in [0.1, 0.15) is 11.1 Å². The van der Waals surface area contributed by atoms with E-state index in [0.717, 1.165) is 14.5 Å². The third kappa shape index (κ3) is 5.44. The van der Waals surface area contributed by atoms with Crippen molar-refractivity contribution in [3.8, 4) is 5.75 Å². The van der Waals surface area contributed by atoms with E-state index in [0.29, 0.717) is 11.3 Å². The van der Waals surface area contributed by atoms with Crippen molar-refractivity contribution in [3.05, 3.63) is 62.3 Å². The molecule has 0 spiro atoms. The van der Waals surface area contributed by atoms with E-state index in [4.69, 9.17) is 4.74 Å². The third-order valence-electron chi connectivity index (χ3n) is 2.81. The highest BCUT2D eigenvalue weighted by molar-refractivity contribution is 9.11. The van der Waals surface area contributed by atoms with E-state index in [2.05, 4.69) is 42.4 Å². The molecule has 0 saturated heterocycles. The van der Waals surface area contributed by atoms with Gasteiger partial charge in [0.1, 0.15) is 11.6 Å². The molecule has 1 amide bonds. The van der Waals surface area contributed by atoms with Gasteiger partial charge < -0.3 is 4.74 Å². The Morgan fingerprint density at radius 2 is 2.00 bits per heavy atom. The van der Waals surface area contributed by atoms with Crippen molar-refractivity contribution >= 4 is 44.0 Å². The van der Waals surface area contributed by atoms with Gasteiger partial charge in [-0.2, -0.15) is 5.10 Å². The van der Waals surface area contributed by atoms with Crippen LogP contribution < -0.4 is 10.2 Å². The van der Waals surface area contributed by atoms with Crippen molar-refractivity contribution < 1.29 is 13.9 Å². The van der Waals surface area contributed by atoms with Crippen LogP contribution in [0, 0.1) is 12.7 Å². The van der Waals surface area contributed by atoms with E-state index < -0.39 is 5.91 Å². The van der Waals surface area contributed by atoms with Crippen molar-refractivity contribution in [1.82, 2.24) is 5.43 Å². The summed E-state index contributed by atoms with van der Waals surface area (Å²) in [6.45, 7) is 1.72. The summed E-state index contributed by atoms with van der Waals surface area (Å²) >= 11 is 6.77. The molecular weight excluding hydrogens is 431 g/mol. The van der Waals surface area contributed by atoms with Crippen LogP contribution in [-0.4, -0.2) is 18.7 Å². The molecule has 0 radical (unpaired) electrons. The molecule has 2 rings (SSSR count). The number of benzene rings is 2. The van der Waals surface area contributed by atoms with Crippen molar-refractivity contribution in [2.75, 3.05) is 6.61 Å². The molecule has 0 bridgehead atoms. The Kier molecular flexibility index (Phi) is 6.29. The van der Waals surface area contributed by atoms with Gasteiger partial charge in [0.25, 0.3) is 5.91 Å². The quantitative estimate of drug-likeness (QED) is 0.556. The van der Waals surface area contributed by atoms with Crippen molar-refractivity contribution in [3.63, 3.8) is 0 Å². The van der Waals surface area contributed by atoms with Crippen molar-refractivity contribution in [1.29, 1.82) is 0 Å². The predicted molar refractivity (Wildman–Crippen MR) is 94.2 cm³/mol. The largest absolute Gasteiger partial charge is 0.482 e. The zero-order valence-corrected chi connectivity index (χ0v) is 15.3. The number of hydrogen-bond donors (Lipinski definition) is 1. The second kappa shape index (κ2) is 8.21. The molecule has 0 atom stereocenters. The molecule has 2 aromatic carbocycles. The number of hydrazone groups is 1. The van der Waals surface area contributed by atoms with Gasteiger partial charge in [0.2, 0.25) is 0 Å². The van der Waals surface area contributed by atoms with E-state index >= 15 is 0 Å². The molecule has 0 aliphatic carbocycles. The van der Waals surface area contributed by atoms with E-state index in [9.17, 15) is 9.18 Å². The fourth-order valence-electron chi connectivity index (χ4n) is 1.77. The second-order valence-corrected chi connectivity index (χ2v) is 6.44. The van der Waals surface area contributed by atoms with Crippen LogP contribution in [0.4, 0.5) is 4.39 Å². The Labute approximate surface area is 150 Å². The lowest BCUT2D eigenvalue weighted by Crippen LogP contribution is -2.24. The Morgan fingerprint density at radius 1 is 1.30 bits per heavy atom. The zero-order valence-electron chi connectivity index (χ0n) is 12.1. The van der Waals surface area contributed by atoms with Gasteiger partial charge in [-0.15, -0.1) is 0 Å². The molecule has 0 heterocycles. The van der Waals surface area contributed by atoms with Crippen LogP contribution in [0.3, 0.4) is 0 Å². The van der Waals surface area contributed by atoms with Gasteiger partial charge in [-0.05, 0) is 58.2 Å². The zero-order chi connectivity index (χ0) is 16.8. The summed E-state index contributed by atoms with van der Waals surface area (Å²) < 4.78 is 19.9. The van der Waals surface area contributed by atoms with Crippen LogP contribution in [0.5, 0.6) is 5.75 Å². The normalized spacial score (nSPS) is 10.8.